The van der Waals surface area contributed by atoms with E-state index in [0.717, 1.165) is 16.8 Å². The van der Waals surface area contributed by atoms with Gasteiger partial charge in [0.2, 0.25) is 0 Å². The van der Waals surface area contributed by atoms with Gasteiger partial charge in [-0.15, -0.1) is 11.3 Å². The molecule has 1 unspecified atom stereocenters. The Morgan fingerprint density at radius 3 is 2.46 bits per heavy atom. The molecular weight excluding hydrogens is 348 g/mol. The van der Waals surface area contributed by atoms with Crippen LogP contribution in [0.25, 0.3) is 11.3 Å². The number of aryl methyl sites for hydroxylation is 1. The molecule has 26 heavy (non-hydrogen) atoms. The fourth-order valence-corrected chi connectivity index (χ4v) is 2.97. The summed E-state index contributed by atoms with van der Waals surface area (Å²) in [7, 11) is 0. The summed E-state index contributed by atoms with van der Waals surface area (Å²) < 4.78 is 5.23. The standard InChI is InChI=1S/C20H18N2O3S/c1-13-8-10-16(11-9-13)19(24)25-14(2)18(23)22-20-21-17(12-26-20)15-6-4-3-5-7-15/h3-12,14H,1-2H3,(H,21,22,23). The van der Waals surface area contributed by atoms with E-state index in [1.54, 1.807) is 12.1 Å². The van der Waals surface area contributed by atoms with Crippen molar-refractivity contribution in [1.82, 2.24) is 4.98 Å². The number of hydrogen-bond donors (Lipinski definition) is 1. The van der Waals surface area contributed by atoms with Gasteiger partial charge < -0.3 is 4.74 Å². The van der Waals surface area contributed by atoms with Gasteiger partial charge in [-0.2, -0.15) is 0 Å². The van der Waals surface area contributed by atoms with Crippen LogP contribution in [0.4, 0.5) is 5.13 Å². The smallest absolute Gasteiger partial charge is 0.338 e. The molecule has 0 fully saturated rings. The van der Waals surface area contributed by atoms with Gasteiger partial charge in [0.25, 0.3) is 5.91 Å². The summed E-state index contributed by atoms with van der Waals surface area (Å²) >= 11 is 1.32. The van der Waals surface area contributed by atoms with Crippen LogP contribution in [0, 0.1) is 6.92 Å². The lowest BCUT2D eigenvalue weighted by Crippen LogP contribution is -2.29. The zero-order chi connectivity index (χ0) is 18.5. The fourth-order valence-electron chi connectivity index (χ4n) is 2.25. The van der Waals surface area contributed by atoms with Crippen LogP contribution >= 0.6 is 11.3 Å². The Hall–Kier alpha value is -2.99. The van der Waals surface area contributed by atoms with E-state index in [9.17, 15) is 9.59 Å². The van der Waals surface area contributed by atoms with Crippen molar-refractivity contribution in [2.75, 3.05) is 5.32 Å². The van der Waals surface area contributed by atoms with Crippen LogP contribution in [0.2, 0.25) is 0 Å². The highest BCUT2D eigenvalue weighted by Gasteiger charge is 2.20. The molecule has 1 atom stereocenters. The highest BCUT2D eigenvalue weighted by atomic mass is 32.1. The summed E-state index contributed by atoms with van der Waals surface area (Å²) in [5.41, 5.74) is 3.22. The first-order valence-electron chi connectivity index (χ1n) is 8.12. The molecule has 0 saturated carbocycles. The normalized spacial score (nSPS) is 11.6. The van der Waals surface area contributed by atoms with Crippen LogP contribution in [-0.2, 0) is 9.53 Å². The van der Waals surface area contributed by atoms with Crippen molar-refractivity contribution in [1.29, 1.82) is 0 Å². The molecule has 2 aromatic carbocycles. The van der Waals surface area contributed by atoms with Gasteiger partial charge in [-0.3, -0.25) is 10.1 Å². The van der Waals surface area contributed by atoms with Gasteiger partial charge in [-0.05, 0) is 26.0 Å². The first-order chi connectivity index (χ1) is 12.5. The molecule has 1 amide bonds. The lowest BCUT2D eigenvalue weighted by atomic mass is 10.1. The van der Waals surface area contributed by atoms with Gasteiger partial charge in [-0.25, -0.2) is 9.78 Å². The van der Waals surface area contributed by atoms with E-state index >= 15 is 0 Å². The largest absolute Gasteiger partial charge is 0.449 e. The summed E-state index contributed by atoms with van der Waals surface area (Å²) in [4.78, 5) is 28.8. The molecule has 132 valence electrons. The third-order valence-corrected chi connectivity index (χ3v) is 4.50. The predicted octanol–water partition coefficient (Wildman–Crippen LogP) is 4.30. The number of nitrogens with one attached hydrogen (secondary N) is 1. The van der Waals surface area contributed by atoms with Gasteiger partial charge in [0.15, 0.2) is 11.2 Å². The molecule has 0 bridgehead atoms. The maximum Gasteiger partial charge on any atom is 0.338 e. The molecule has 0 aliphatic heterocycles. The van der Waals surface area contributed by atoms with Crippen molar-refractivity contribution in [3.63, 3.8) is 0 Å². The monoisotopic (exact) mass is 366 g/mol. The molecule has 0 aliphatic rings. The zero-order valence-corrected chi connectivity index (χ0v) is 15.2. The number of esters is 1. The summed E-state index contributed by atoms with van der Waals surface area (Å²) in [6.45, 7) is 3.47. The van der Waals surface area contributed by atoms with Crippen molar-refractivity contribution >= 4 is 28.3 Å². The van der Waals surface area contributed by atoms with Gasteiger partial charge in [0.1, 0.15) is 0 Å². The number of nitrogens with zero attached hydrogens (tertiary/aromatic N) is 1. The Bertz CT molecular complexity index is 904. The first kappa shape index (κ1) is 17.8. The number of aromatic nitrogens is 1. The van der Waals surface area contributed by atoms with Gasteiger partial charge in [0, 0.05) is 10.9 Å². The average Bonchev–Trinajstić information content (AvgIpc) is 3.11. The molecule has 1 heterocycles. The summed E-state index contributed by atoms with van der Waals surface area (Å²) in [6, 6.07) is 16.7. The van der Waals surface area contributed by atoms with Crippen molar-refractivity contribution in [2.24, 2.45) is 0 Å². The Kier molecular flexibility index (Phi) is 5.43. The molecule has 3 rings (SSSR count). The molecule has 1 aromatic heterocycles. The second-order valence-electron chi connectivity index (χ2n) is 5.81. The number of benzene rings is 2. The third-order valence-electron chi connectivity index (χ3n) is 3.74. The molecule has 5 nitrogen and oxygen atoms in total. The second kappa shape index (κ2) is 7.93. The van der Waals surface area contributed by atoms with Crippen molar-refractivity contribution in [3.05, 3.63) is 71.1 Å². The van der Waals surface area contributed by atoms with Crippen LogP contribution in [0.15, 0.2) is 60.0 Å². The van der Waals surface area contributed by atoms with Crippen molar-refractivity contribution in [2.45, 2.75) is 20.0 Å². The van der Waals surface area contributed by atoms with Gasteiger partial charge >= 0.3 is 5.97 Å². The van der Waals surface area contributed by atoms with Crippen molar-refractivity contribution < 1.29 is 14.3 Å². The Balaban J connectivity index is 1.60. The topological polar surface area (TPSA) is 68.3 Å². The van der Waals surface area contributed by atoms with Gasteiger partial charge in [0.05, 0.1) is 11.3 Å². The highest BCUT2D eigenvalue weighted by molar-refractivity contribution is 7.14. The number of anilines is 1. The van der Waals surface area contributed by atoms with Crippen molar-refractivity contribution in [3.8, 4) is 11.3 Å². The Morgan fingerprint density at radius 1 is 1.08 bits per heavy atom. The maximum absolute atomic E-state index is 12.3. The third kappa shape index (κ3) is 4.34. The Labute approximate surface area is 155 Å². The number of carbonyl (C=O) groups is 2. The second-order valence-corrected chi connectivity index (χ2v) is 6.66. The van der Waals surface area contributed by atoms with E-state index in [1.807, 2.05) is 54.8 Å². The minimum atomic E-state index is -0.923. The number of ether oxygens (including phenoxy) is 1. The SMILES string of the molecule is Cc1ccc(C(=O)OC(C)C(=O)Nc2nc(-c3ccccc3)cs2)cc1. The molecule has 0 aliphatic carbocycles. The average molecular weight is 366 g/mol. The zero-order valence-electron chi connectivity index (χ0n) is 14.4. The van der Waals surface area contributed by atoms with Crippen LogP contribution < -0.4 is 5.32 Å². The molecule has 6 heteroatoms. The van der Waals surface area contributed by atoms with Crippen LogP contribution in [0.1, 0.15) is 22.8 Å². The number of carbonyl (C=O) groups excluding carboxylic acids is 2. The number of hydrogen-bond acceptors (Lipinski definition) is 5. The van der Waals surface area contributed by atoms with Gasteiger partial charge in [-0.1, -0.05) is 48.0 Å². The first-order valence-corrected chi connectivity index (χ1v) is 9.00. The van der Waals surface area contributed by atoms with E-state index in [1.165, 1.54) is 18.3 Å². The fraction of sp³-hybridized carbons (Fsp3) is 0.150. The van der Waals surface area contributed by atoms with Crippen LogP contribution in [0.5, 0.6) is 0 Å². The molecule has 0 spiro atoms. The molecule has 3 aromatic rings. The number of rotatable bonds is 5. The lowest BCUT2D eigenvalue weighted by molar-refractivity contribution is -0.123. The predicted molar refractivity (Wildman–Crippen MR) is 102 cm³/mol. The molecular formula is C20H18N2O3S. The minimum Gasteiger partial charge on any atom is -0.449 e. The summed E-state index contributed by atoms with van der Waals surface area (Å²) in [5, 5.41) is 5.02. The van der Waals surface area contributed by atoms with Crippen LogP contribution in [-0.4, -0.2) is 23.0 Å². The lowest BCUT2D eigenvalue weighted by Gasteiger charge is -2.12. The maximum atomic E-state index is 12.3. The van der Waals surface area contributed by atoms with E-state index in [4.69, 9.17) is 4.74 Å². The quantitative estimate of drug-likeness (QED) is 0.684. The van der Waals surface area contributed by atoms with E-state index in [2.05, 4.69) is 10.3 Å². The number of thiazole rings is 1. The van der Waals surface area contributed by atoms with E-state index in [0.29, 0.717) is 10.7 Å². The summed E-state index contributed by atoms with van der Waals surface area (Å²) in [6.07, 6.45) is -0.923. The van der Waals surface area contributed by atoms with E-state index in [-0.39, 0.29) is 0 Å². The van der Waals surface area contributed by atoms with Crippen LogP contribution in [0.3, 0.4) is 0 Å². The molecule has 1 N–H and O–H groups in total. The summed E-state index contributed by atoms with van der Waals surface area (Å²) in [5.74, 6) is -0.948. The Morgan fingerprint density at radius 2 is 1.77 bits per heavy atom. The molecule has 0 radical (unpaired) electrons. The van der Waals surface area contributed by atoms with E-state index < -0.39 is 18.0 Å². The number of amides is 1. The molecule has 0 saturated heterocycles. The minimum absolute atomic E-state index is 0.413. The highest BCUT2D eigenvalue weighted by Crippen LogP contribution is 2.24.